The maximum Gasteiger partial charge on any atom is 0.255 e. The van der Waals surface area contributed by atoms with Crippen LogP contribution in [0.4, 0.5) is 10.1 Å². The van der Waals surface area contributed by atoms with Gasteiger partial charge in [0.25, 0.3) is 5.91 Å². The highest BCUT2D eigenvalue weighted by Crippen LogP contribution is 2.34. The van der Waals surface area contributed by atoms with Crippen LogP contribution in [0, 0.1) is 5.82 Å². The Morgan fingerprint density at radius 1 is 1.04 bits per heavy atom. The Hall–Kier alpha value is -2.65. The lowest BCUT2D eigenvalue weighted by atomic mass is 10.2. The van der Waals surface area contributed by atoms with Gasteiger partial charge in [-0.3, -0.25) is 4.79 Å². The van der Waals surface area contributed by atoms with Crippen molar-refractivity contribution in [3.63, 3.8) is 0 Å². The van der Waals surface area contributed by atoms with Gasteiger partial charge in [0.15, 0.2) is 11.5 Å². The quantitative estimate of drug-likeness (QED) is 0.865. The topological polar surface area (TPSA) is 84.9 Å². The number of nitrogens with zero attached hydrogens (tertiary/aromatic N) is 1. The molecule has 1 N–H and O–H groups in total. The van der Waals surface area contributed by atoms with E-state index >= 15 is 0 Å². The first kappa shape index (κ1) is 17.7. The summed E-state index contributed by atoms with van der Waals surface area (Å²) >= 11 is 0. The van der Waals surface area contributed by atoms with Crippen molar-refractivity contribution in [3.05, 3.63) is 47.8 Å². The van der Waals surface area contributed by atoms with Crippen molar-refractivity contribution in [2.75, 3.05) is 25.2 Å². The molecule has 0 bridgehead atoms. The van der Waals surface area contributed by atoms with Gasteiger partial charge in [0.05, 0.1) is 0 Å². The molecule has 0 aliphatic carbocycles. The molecule has 2 aliphatic heterocycles. The van der Waals surface area contributed by atoms with Gasteiger partial charge in [-0.2, -0.15) is 4.31 Å². The van der Waals surface area contributed by atoms with Crippen molar-refractivity contribution in [2.45, 2.75) is 17.7 Å². The van der Waals surface area contributed by atoms with Gasteiger partial charge in [-0.1, -0.05) is 0 Å². The van der Waals surface area contributed by atoms with E-state index in [9.17, 15) is 17.6 Å². The van der Waals surface area contributed by atoms with E-state index in [2.05, 4.69) is 5.32 Å². The summed E-state index contributed by atoms with van der Waals surface area (Å²) in [5.74, 6) is -0.341. The van der Waals surface area contributed by atoms with Crippen molar-refractivity contribution < 1.29 is 27.1 Å². The Bertz CT molecular complexity index is 1000. The molecule has 1 saturated heterocycles. The lowest BCUT2D eigenvalue weighted by Crippen LogP contribution is -2.29. The van der Waals surface area contributed by atoms with E-state index in [1.165, 1.54) is 10.4 Å². The number of amides is 1. The van der Waals surface area contributed by atoms with Crippen LogP contribution in [0.2, 0.25) is 0 Å². The maximum absolute atomic E-state index is 14.2. The maximum atomic E-state index is 14.2. The van der Waals surface area contributed by atoms with Crippen molar-refractivity contribution >= 4 is 21.6 Å². The molecule has 7 nitrogen and oxygen atoms in total. The van der Waals surface area contributed by atoms with Gasteiger partial charge in [0.2, 0.25) is 16.8 Å². The lowest BCUT2D eigenvalue weighted by molar-refractivity contribution is 0.102. The molecule has 142 valence electrons. The summed E-state index contributed by atoms with van der Waals surface area (Å²) in [5.41, 5.74) is 0.504. The third-order valence-electron chi connectivity index (χ3n) is 4.51. The highest BCUT2D eigenvalue weighted by atomic mass is 32.2. The van der Waals surface area contributed by atoms with Crippen LogP contribution in [-0.4, -0.2) is 38.5 Å². The van der Waals surface area contributed by atoms with Gasteiger partial charge in [-0.25, -0.2) is 12.8 Å². The fourth-order valence-electron chi connectivity index (χ4n) is 3.09. The summed E-state index contributed by atoms with van der Waals surface area (Å²) in [5, 5.41) is 2.65. The van der Waals surface area contributed by atoms with Gasteiger partial charge < -0.3 is 14.8 Å². The summed E-state index contributed by atoms with van der Waals surface area (Å²) in [6, 6.07) is 8.22. The van der Waals surface area contributed by atoms with E-state index in [0.29, 0.717) is 30.3 Å². The number of benzene rings is 2. The first-order valence-corrected chi connectivity index (χ1v) is 9.90. The fourth-order valence-corrected chi connectivity index (χ4v) is 4.69. The van der Waals surface area contributed by atoms with Crippen molar-refractivity contribution in [2.24, 2.45) is 0 Å². The standard InChI is InChI=1S/C18H17FN2O5S/c19-14-5-3-12(9-17(14)27(23,24)21-7-1-2-8-21)18(22)20-13-4-6-15-16(10-13)26-11-25-15/h3-6,9-10H,1-2,7-8,11H2,(H,20,22). The number of halogens is 1. The van der Waals surface area contributed by atoms with Gasteiger partial charge in [-0.05, 0) is 43.2 Å². The number of rotatable bonds is 4. The van der Waals surface area contributed by atoms with Crippen LogP contribution in [0.3, 0.4) is 0 Å². The number of fused-ring (bicyclic) bond motifs is 1. The zero-order chi connectivity index (χ0) is 19.0. The fraction of sp³-hybridized carbons (Fsp3) is 0.278. The second kappa shape index (κ2) is 6.82. The van der Waals surface area contributed by atoms with Crippen molar-refractivity contribution in [1.82, 2.24) is 4.31 Å². The Morgan fingerprint density at radius 3 is 2.56 bits per heavy atom. The molecule has 2 heterocycles. The molecule has 1 amide bonds. The average molecular weight is 392 g/mol. The zero-order valence-electron chi connectivity index (χ0n) is 14.3. The van der Waals surface area contributed by atoms with Gasteiger partial charge in [-0.15, -0.1) is 0 Å². The second-order valence-corrected chi connectivity index (χ2v) is 8.18. The predicted octanol–water partition coefficient (Wildman–Crippen LogP) is 2.59. The summed E-state index contributed by atoms with van der Waals surface area (Å²) in [7, 11) is -3.96. The highest BCUT2D eigenvalue weighted by molar-refractivity contribution is 7.89. The largest absolute Gasteiger partial charge is 0.454 e. The molecule has 0 spiro atoms. The van der Waals surface area contributed by atoms with Crippen LogP contribution < -0.4 is 14.8 Å². The summed E-state index contributed by atoms with van der Waals surface area (Å²) in [6.45, 7) is 0.827. The monoisotopic (exact) mass is 392 g/mol. The minimum Gasteiger partial charge on any atom is -0.454 e. The molecule has 9 heteroatoms. The number of ether oxygens (including phenoxy) is 2. The smallest absolute Gasteiger partial charge is 0.255 e. The summed E-state index contributed by atoms with van der Waals surface area (Å²) in [6.07, 6.45) is 1.48. The second-order valence-electron chi connectivity index (χ2n) is 6.28. The van der Waals surface area contributed by atoms with E-state index in [4.69, 9.17) is 9.47 Å². The Balaban J connectivity index is 1.59. The van der Waals surface area contributed by atoms with Crippen LogP contribution in [0.1, 0.15) is 23.2 Å². The van der Waals surface area contributed by atoms with E-state index in [0.717, 1.165) is 25.0 Å². The van der Waals surface area contributed by atoms with Crippen molar-refractivity contribution in [1.29, 1.82) is 0 Å². The Morgan fingerprint density at radius 2 is 1.78 bits per heavy atom. The number of nitrogens with one attached hydrogen (secondary N) is 1. The molecule has 27 heavy (non-hydrogen) atoms. The Kier molecular flexibility index (Phi) is 4.48. The number of sulfonamides is 1. The van der Waals surface area contributed by atoms with Crippen LogP contribution in [0.15, 0.2) is 41.3 Å². The van der Waals surface area contributed by atoms with Crippen molar-refractivity contribution in [3.8, 4) is 11.5 Å². The number of hydrogen-bond acceptors (Lipinski definition) is 5. The normalized spacial score (nSPS) is 16.5. The number of hydrogen-bond donors (Lipinski definition) is 1. The average Bonchev–Trinajstić information content (AvgIpc) is 3.33. The molecule has 0 radical (unpaired) electrons. The molecule has 0 unspecified atom stereocenters. The van der Waals surface area contributed by atoms with Crippen LogP contribution in [0.5, 0.6) is 11.5 Å². The van der Waals surface area contributed by atoms with Gasteiger partial charge >= 0.3 is 0 Å². The molecular formula is C18H17FN2O5S. The van der Waals surface area contributed by atoms with Crippen LogP contribution >= 0.6 is 0 Å². The minimum absolute atomic E-state index is 0.0480. The van der Waals surface area contributed by atoms with E-state index in [-0.39, 0.29) is 12.4 Å². The lowest BCUT2D eigenvalue weighted by Gasteiger charge is -2.16. The first-order chi connectivity index (χ1) is 12.9. The van der Waals surface area contributed by atoms with Crippen LogP contribution in [-0.2, 0) is 10.0 Å². The highest BCUT2D eigenvalue weighted by Gasteiger charge is 2.30. The third-order valence-corrected chi connectivity index (χ3v) is 6.42. The molecular weight excluding hydrogens is 375 g/mol. The zero-order valence-corrected chi connectivity index (χ0v) is 15.1. The number of carbonyl (C=O) groups is 1. The molecule has 2 aromatic carbocycles. The summed E-state index contributed by atoms with van der Waals surface area (Å²) in [4.78, 5) is 12.0. The predicted molar refractivity (Wildman–Crippen MR) is 94.9 cm³/mol. The van der Waals surface area contributed by atoms with Gasteiger partial charge in [0.1, 0.15) is 10.7 Å². The van der Waals surface area contributed by atoms with Gasteiger partial charge in [0, 0.05) is 30.4 Å². The Labute approximate surface area is 155 Å². The number of anilines is 1. The first-order valence-electron chi connectivity index (χ1n) is 8.46. The van der Waals surface area contributed by atoms with E-state index in [1.54, 1.807) is 18.2 Å². The molecule has 0 aromatic heterocycles. The number of carbonyl (C=O) groups excluding carboxylic acids is 1. The summed E-state index contributed by atoms with van der Waals surface area (Å²) < 4.78 is 51.2. The SMILES string of the molecule is O=C(Nc1ccc2c(c1)OCO2)c1ccc(F)c(S(=O)(=O)N2CCCC2)c1. The van der Waals surface area contributed by atoms with Crippen LogP contribution in [0.25, 0.3) is 0 Å². The molecule has 0 atom stereocenters. The molecule has 1 fully saturated rings. The molecule has 4 rings (SSSR count). The molecule has 2 aromatic rings. The van der Waals surface area contributed by atoms with E-state index < -0.39 is 26.6 Å². The third kappa shape index (κ3) is 3.35. The molecule has 0 saturated carbocycles. The molecule has 2 aliphatic rings. The van der Waals surface area contributed by atoms with E-state index in [1.807, 2.05) is 0 Å². The minimum atomic E-state index is -3.96.